The fraction of sp³-hybridized carbons (Fsp3) is 0.446. The number of aryl methyl sites for hydroxylation is 2. The molecule has 13 N–H and O–H groups in total. The Morgan fingerprint density at radius 2 is 1.40 bits per heavy atom. The number of hydrogen-bond acceptors (Lipinski definition) is 25. The van der Waals surface area contributed by atoms with Crippen molar-refractivity contribution in [2.24, 2.45) is 5.92 Å². The lowest BCUT2D eigenvalue weighted by Crippen LogP contribution is -2.48. The van der Waals surface area contributed by atoms with Crippen LogP contribution in [0.5, 0.6) is 0 Å². The Labute approximate surface area is 708 Å². The van der Waals surface area contributed by atoms with Crippen LogP contribution in [0.15, 0.2) is 77.7 Å². The van der Waals surface area contributed by atoms with Crippen molar-refractivity contribution in [1.29, 1.82) is 0 Å². The minimum Gasteiger partial charge on any atom is -0.480 e. The maximum absolute atomic E-state index is 14.8. The number of benzene rings is 2. The monoisotopic (exact) mass is 1720 g/mol. The third-order valence-corrected chi connectivity index (χ3v) is 24.2. The minimum atomic E-state index is -1.55. The van der Waals surface area contributed by atoms with Gasteiger partial charge in [0.25, 0.3) is 11.5 Å². The van der Waals surface area contributed by atoms with Crippen LogP contribution in [-0.2, 0) is 65.6 Å². The zero-order chi connectivity index (χ0) is 86.8. The number of amides is 5. The SMILES string of the molecule is CCNC(=O)C[C@H](CC(=O)CC[C@H](NC(=O)c1ccc(NCc2cnc3nc(N)[nH]c(=O)c3n2)cc1)C(=O)O)C(=O)N[C@@H](CSSCCOC(=O)CCCNC(=O)C(Cc1ccc(N(CCCl)CCCl)cc1)NC(=O)CC[C@@H]1c2nc(cc3[nH]c(cc4nc(cc5[nH]c6c(c5C)C(=O)C(C(=O)OC)c26)[C@H](CC)[C@H]4C)c(C(C)=O)c3C)[C@H]1C)C(=O)O. The molecule has 120 heavy (non-hydrogen) atoms. The molecule has 37 heteroatoms. The third kappa shape index (κ3) is 22.6. The molecule has 7 heterocycles. The predicted octanol–water partition coefficient (Wildman–Crippen LogP) is 8.94. The van der Waals surface area contributed by atoms with Crippen molar-refractivity contribution in [3.63, 3.8) is 0 Å². The van der Waals surface area contributed by atoms with E-state index in [1.54, 1.807) is 19.1 Å². The summed E-state index contributed by atoms with van der Waals surface area (Å²) in [5.41, 5.74) is 14.9. The molecular weight excluding hydrogens is 1630 g/mol. The number of esters is 2. The summed E-state index contributed by atoms with van der Waals surface area (Å²) >= 11 is 12.3. The Morgan fingerprint density at radius 1 is 0.717 bits per heavy atom. The molecule has 5 aromatic heterocycles. The van der Waals surface area contributed by atoms with Crippen LogP contribution in [0, 0.1) is 19.8 Å². The molecule has 3 aliphatic rings. The largest absolute Gasteiger partial charge is 0.480 e. The lowest BCUT2D eigenvalue weighted by molar-refractivity contribution is -0.143. The first kappa shape index (κ1) is 91.0. The maximum Gasteiger partial charge on any atom is 0.327 e. The van der Waals surface area contributed by atoms with E-state index >= 15 is 0 Å². The highest BCUT2D eigenvalue weighted by molar-refractivity contribution is 8.76. The van der Waals surface area contributed by atoms with Gasteiger partial charge in [0.15, 0.2) is 22.7 Å². The van der Waals surface area contributed by atoms with Gasteiger partial charge in [-0.15, -0.1) is 23.2 Å². The average Bonchev–Trinajstić information content (AvgIpc) is 1.56. The number of ether oxygens (including phenoxy) is 2. The number of methoxy groups -OCH3 is 1. The Bertz CT molecular complexity index is 5290. The van der Waals surface area contributed by atoms with E-state index in [1.165, 1.54) is 32.4 Å². The first-order valence-electron chi connectivity index (χ1n) is 39.5. The average molecular weight is 1730 g/mol. The standard InChI is InChI=1S/C83H98Cl2N16O17S2/c1-9-53-41(3)56-37-61-67(45(7)102)43(5)58(93-61)35-57-42(4)54(71(95-57)69-70(82(116)117-8)74(107)68-44(6)59(96-72(68)69)36-60(53)92-56)22-24-64(104)94-62(32-46-13-19-51(20-14-46)101(28-25-84)29-26-85)78(110)88-27-11-12-66(106)118-30-31-119-120-40-63(81(114)115)98-77(109)48(34-65(105)87-10-2)33-52(103)21-23-55(80(112)113)97-76(108)47-15-17-49(18-16-47)89-38-50-39-90-75-73(91-50)79(111)100-83(86)99-75/h13-20,35-37,39,41-42,48,53-55,62-63,70,89,93,96H,9-12,21-34,38,40H2,1-8H3,(H,87,105)(H,88,110)(H,94,104)(H,97,108)(H,98,109)(H,112,113)(H,114,115)(H3,86,90,99,100,111)/t41-,42+,48+,53-,54+,55+,62?,63+,70?/m1/s1. The summed E-state index contributed by atoms with van der Waals surface area (Å²) in [5.74, 6) is -12.0. The van der Waals surface area contributed by atoms with Crippen LogP contribution in [0.3, 0.4) is 0 Å². The van der Waals surface area contributed by atoms with Gasteiger partial charge in [0.2, 0.25) is 29.6 Å². The van der Waals surface area contributed by atoms with Crippen LogP contribution in [0.25, 0.3) is 33.2 Å². The summed E-state index contributed by atoms with van der Waals surface area (Å²) in [6, 6.07) is 14.9. The van der Waals surface area contributed by atoms with E-state index in [1.807, 2.05) is 68.1 Å². The number of nitrogens with one attached hydrogen (secondary N) is 9. The number of Topliss-reactive ketones (excluding diaryl/α,β-unsaturated/α-hetero) is 3. The van der Waals surface area contributed by atoms with Crippen LogP contribution in [0.2, 0.25) is 0 Å². The molecule has 0 saturated carbocycles. The van der Waals surface area contributed by atoms with E-state index in [0.717, 1.165) is 45.1 Å². The van der Waals surface area contributed by atoms with E-state index in [2.05, 4.69) is 75.7 Å². The molecule has 7 aromatic rings. The van der Waals surface area contributed by atoms with Gasteiger partial charge in [0.1, 0.15) is 36.4 Å². The number of aromatic nitrogens is 8. The van der Waals surface area contributed by atoms with Gasteiger partial charge in [-0.05, 0) is 125 Å². The molecule has 2 aromatic carbocycles. The van der Waals surface area contributed by atoms with Crippen molar-refractivity contribution in [3.05, 3.63) is 151 Å². The molecule has 9 atom stereocenters. The number of H-pyrrole nitrogens is 3. The Morgan fingerprint density at radius 3 is 2.08 bits per heavy atom. The number of hydrogen-bond donors (Lipinski definition) is 12. The van der Waals surface area contributed by atoms with Crippen molar-refractivity contribution in [2.75, 3.05) is 79.1 Å². The van der Waals surface area contributed by atoms with E-state index < -0.39 is 138 Å². The number of nitrogen functional groups attached to an aromatic ring is 1. The molecule has 0 fully saturated rings. The van der Waals surface area contributed by atoms with Crippen molar-refractivity contribution < 1.29 is 77.2 Å². The predicted molar refractivity (Wildman–Crippen MR) is 455 cm³/mol. The molecule has 0 saturated heterocycles. The van der Waals surface area contributed by atoms with E-state index in [-0.39, 0.29) is 110 Å². The van der Waals surface area contributed by atoms with Gasteiger partial charge >= 0.3 is 23.9 Å². The fourth-order valence-corrected chi connectivity index (χ4v) is 17.5. The minimum absolute atomic E-state index is 0.000730. The normalized spacial score (nSPS) is 16.3. The zero-order valence-corrected chi connectivity index (χ0v) is 70.8. The number of aliphatic carboxylic acids is 2. The van der Waals surface area contributed by atoms with E-state index in [0.29, 0.717) is 103 Å². The first-order valence-corrected chi connectivity index (χ1v) is 43.0. The number of nitrogens with zero attached hydrogens (tertiary/aromatic N) is 6. The summed E-state index contributed by atoms with van der Waals surface area (Å²) in [5, 5.41) is 36.5. The molecule has 0 spiro atoms. The lowest BCUT2D eigenvalue weighted by atomic mass is 9.83. The molecule has 33 nitrogen and oxygen atoms in total. The summed E-state index contributed by atoms with van der Waals surface area (Å²) < 4.78 is 10.8. The number of alkyl halides is 2. The number of carboxylic acids is 2. The maximum atomic E-state index is 14.8. The molecule has 0 radical (unpaired) electrons. The lowest BCUT2D eigenvalue weighted by Gasteiger charge is -2.24. The molecule has 2 aliphatic heterocycles. The highest BCUT2D eigenvalue weighted by Crippen LogP contribution is 2.49. The number of aromatic amines is 3. The topological polar surface area (TPSA) is 494 Å². The van der Waals surface area contributed by atoms with Gasteiger partial charge in [0.05, 0.1) is 48.2 Å². The first-order chi connectivity index (χ1) is 57.4. The number of anilines is 3. The van der Waals surface area contributed by atoms with Crippen molar-refractivity contribution >= 4 is 166 Å². The van der Waals surface area contributed by atoms with Crippen molar-refractivity contribution in [3.8, 4) is 0 Å². The summed E-state index contributed by atoms with van der Waals surface area (Å²) in [7, 11) is 3.40. The van der Waals surface area contributed by atoms with Crippen LogP contribution >= 0.6 is 44.8 Å². The van der Waals surface area contributed by atoms with Gasteiger partial charge < -0.3 is 72.2 Å². The van der Waals surface area contributed by atoms with Gasteiger partial charge in [-0.2, -0.15) is 4.98 Å². The van der Waals surface area contributed by atoms with Crippen molar-refractivity contribution in [1.82, 2.24) is 66.5 Å². The Kier molecular flexibility index (Phi) is 31.9. The molecule has 8 bridgehead atoms. The number of fused-ring (bicyclic) bond motifs is 9. The molecule has 5 amide bonds. The second-order valence-corrected chi connectivity index (χ2v) is 33.0. The van der Waals surface area contributed by atoms with Gasteiger partial charge in [-0.3, -0.25) is 67.7 Å². The summed E-state index contributed by atoms with van der Waals surface area (Å²) in [4.78, 5) is 209. The summed E-state index contributed by atoms with van der Waals surface area (Å²) in [6.45, 7) is 14.2. The summed E-state index contributed by atoms with van der Waals surface area (Å²) in [6.07, 6.45) is 0.308. The number of carboxylic acid groups (broad SMARTS) is 2. The second-order valence-electron chi connectivity index (χ2n) is 29.6. The Hall–Kier alpha value is -11.3. The number of nitrogens with two attached hydrogens (primary N) is 1. The Balaban J connectivity index is 0.729. The number of rotatable bonds is 42. The second kappa shape index (κ2) is 42.1. The number of carbonyl (C=O) groups is 12. The van der Waals surface area contributed by atoms with Crippen LogP contribution in [0.4, 0.5) is 17.3 Å². The fourth-order valence-electron chi connectivity index (χ4n) is 15.1. The highest BCUT2D eigenvalue weighted by Gasteiger charge is 2.46. The van der Waals surface area contributed by atoms with Crippen LogP contribution < -0.4 is 48.1 Å². The zero-order valence-electron chi connectivity index (χ0n) is 67.6. The van der Waals surface area contributed by atoms with Crippen LogP contribution in [-0.4, -0.2) is 202 Å². The van der Waals surface area contributed by atoms with E-state index in [4.69, 9.17) is 48.4 Å². The molecular formula is C83H98Cl2N16O17S2. The van der Waals surface area contributed by atoms with Crippen LogP contribution in [0.1, 0.15) is 204 Å². The van der Waals surface area contributed by atoms with Crippen molar-refractivity contribution in [2.45, 2.75) is 167 Å². The number of carbonyl (C=O) groups excluding carboxylic acids is 10. The van der Waals surface area contributed by atoms with Gasteiger partial charge in [-0.1, -0.05) is 54.5 Å². The van der Waals surface area contributed by atoms with E-state index in [9.17, 15) is 72.5 Å². The highest BCUT2D eigenvalue weighted by atomic mass is 35.5. The number of halogens is 2. The van der Waals surface area contributed by atoms with Gasteiger partial charge in [0, 0.05) is 173 Å². The smallest absolute Gasteiger partial charge is 0.327 e. The molecule has 1 aliphatic carbocycles. The molecule has 10 rings (SSSR count). The number of ketones is 3. The molecule has 2 unspecified atom stereocenters. The molecule has 638 valence electrons. The van der Waals surface area contributed by atoms with Gasteiger partial charge in [-0.25, -0.2) is 19.6 Å². The quantitative estimate of drug-likeness (QED) is 0.00424. The third-order valence-electron chi connectivity index (χ3n) is 21.5.